The lowest BCUT2D eigenvalue weighted by Crippen LogP contribution is -2.08. The average molecular weight is 245 g/mol. The summed E-state index contributed by atoms with van der Waals surface area (Å²) in [5.74, 6) is 1.46. The molecule has 0 bridgehead atoms. The number of nitrogens with zero attached hydrogens (tertiary/aromatic N) is 4. The van der Waals surface area contributed by atoms with Crippen LogP contribution >= 0.6 is 0 Å². The maximum Gasteiger partial charge on any atom is 0.224 e. The maximum absolute atomic E-state index is 4.57. The van der Waals surface area contributed by atoms with Crippen LogP contribution in [0.3, 0.4) is 0 Å². The highest BCUT2D eigenvalue weighted by atomic mass is 15.3. The molecule has 18 heavy (non-hydrogen) atoms. The number of rotatable bonds is 5. The Morgan fingerprint density at radius 2 is 2.06 bits per heavy atom. The minimum Gasteiger partial charge on any atom is -0.354 e. The normalized spacial score (nSPS) is 10.6. The molecule has 0 aliphatic rings. The molecule has 0 saturated heterocycles. The number of hydrogen-bond acceptors (Lipinski definition) is 4. The average Bonchev–Trinajstić information content (AvgIpc) is 2.83. The second-order valence-electron chi connectivity index (χ2n) is 4.01. The van der Waals surface area contributed by atoms with Gasteiger partial charge in [-0.25, -0.2) is 9.67 Å². The van der Waals surface area contributed by atoms with Crippen LogP contribution in [-0.4, -0.2) is 26.3 Å². The van der Waals surface area contributed by atoms with Gasteiger partial charge in [0.15, 0.2) is 5.82 Å². The lowest BCUT2D eigenvalue weighted by molar-refractivity contribution is 0.769. The molecule has 0 aliphatic carbocycles. The highest BCUT2D eigenvalue weighted by molar-refractivity contribution is 5.33. The van der Waals surface area contributed by atoms with Gasteiger partial charge in [0.2, 0.25) is 5.95 Å². The van der Waals surface area contributed by atoms with Gasteiger partial charge in [-0.05, 0) is 25.8 Å². The number of hydrogen-bond donors (Lipinski definition) is 1. The third kappa shape index (κ3) is 2.50. The third-order valence-electron chi connectivity index (χ3n) is 2.75. The summed E-state index contributed by atoms with van der Waals surface area (Å²) in [6.07, 6.45) is 3.63. The standard InChI is InChI=1S/C13H19N5/c1-4-10-9-11(5-2)18(17-10)12-7-8-15-13(16-12)14-6-3/h7-9H,4-6H2,1-3H3,(H,14,15,16). The summed E-state index contributed by atoms with van der Waals surface area (Å²) in [6, 6.07) is 4.02. The van der Waals surface area contributed by atoms with Gasteiger partial charge in [0.05, 0.1) is 5.69 Å². The molecular formula is C13H19N5. The molecule has 0 atom stereocenters. The van der Waals surface area contributed by atoms with Crippen LogP contribution in [0.15, 0.2) is 18.3 Å². The van der Waals surface area contributed by atoms with Crippen molar-refractivity contribution >= 4 is 5.95 Å². The van der Waals surface area contributed by atoms with Gasteiger partial charge in [0, 0.05) is 24.5 Å². The number of nitrogens with one attached hydrogen (secondary N) is 1. The van der Waals surface area contributed by atoms with Crippen molar-refractivity contribution in [2.24, 2.45) is 0 Å². The van der Waals surface area contributed by atoms with Crippen LogP contribution in [0, 0.1) is 0 Å². The Morgan fingerprint density at radius 3 is 2.72 bits per heavy atom. The maximum atomic E-state index is 4.57. The Labute approximate surface area is 107 Å². The zero-order chi connectivity index (χ0) is 13.0. The van der Waals surface area contributed by atoms with Crippen LogP contribution in [-0.2, 0) is 12.8 Å². The molecule has 0 radical (unpaired) electrons. The van der Waals surface area contributed by atoms with E-state index in [1.54, 1.807) is 6.20 Å². The van der Waals surface area contributed by atoms with E-state index in [0.29, 0.717) is 5.95 Å². The molecule has 2 aromatic heterocycles. The molecule has 2 heterocycles. The summed E-state index contributed by atoms with van der Waals surface area (Å²) < 4.78 is 1.90. The van der Waals surface area contributed by atoms with Crippen molar-refractivity contribution in [2.75, 3.05) is 11.9 Å². The second-order valence-corrected chi connectivity index (χ2v) is 4.01. The van der Waals surface area contributed by atoms with Gasteiger partial charge in [0.1, 0.15) is 0 Å². The largest absolute Gasteiger partial charge is 0.354 e. The molecule has 0 spiro atoms. The molecule has 2 aromatic rings. The van der Waals surface area contributed by atoms with Crippen LogP contribution in [0.2, 0.25) is 0 Å². The molecule has 5 heteroatoms. The molecule has 2 rings (SSSR count). The van der Waals surface area contributed by atoms with Gasteiger partial charge < -0.3 is 5.32 Å². The van der Waals surface area contributed by atoms with Gasteiger partial charge in [0.25, 0.3) is 0 Å². The summed E-state index contributed by atoms with van der Waals surface area (Å²) in [7, 11) is 0. The zero-order valence-electron chi connectivity index (χ0n) is 11.1. The molecule has 0 aromatic carbocycles. The van der Waals surface area contributed by atoms with Gasteiger partial charge in [-0.2, -0.15) is 10.1 Å². The van der Waals surface area contributed by atoms with Crippen LogP contribution in [0.5, 0.6) is 0 Å². The Bertz CT molecular complexity index is 518. The molecule has 5 nitrogen and oxygen atoms in total. The van der Waals surface area contributed by atoms with Crippen LogP contribution in [0.1, 0.15) is 32.2 Å². The fraction of sp³-hybridized carbons (Fsp3) is 0.462. The van der Waals surface area contributed by atoms with E-state index in [1.807, 2.05) is 17.7 Å². The van der Waals surface area contributed by atoms with E-state index in [1.165, 1.54) is 5.69 Å². The fourth-order valence-corrected chi connectivity index (χ4v) is 1.81. The van der Waals surface area contributed by atoms with E-state index in [2.05, 4.69) is 40.3 Å². The SMILES string of the molecule is CCNc1nccc(-n2nc(CC)cc2CC)n1. The van der Waals surface area contributed by atoms with Crippen molar-refractivity contribution in [3.63, 3.8) is 0 Å². The van der Waals surface area contributed by atoms with E-state index in [-0.39, 0.29) is 0 Å². The van der Waals surface area contributed by atoms with Crippen molar-refractivity contribution < 1.29 is 0 Å². The number of aromatic nitrogens is 4. The smallest absolute Gasteiger partial charge is 0.224 e. The van der Waals surface area contributed by atoms with Gasteiger partial charge >= 0.3 is 0 Å². The fourth-order valence-electron chi connectivity index (χ4n) is 1.81. The molecule has 0 amide bonds. The first-order valence-electron chi connectivity index (χ1n) is 6.43. The number of anilines is 1. The minimum atomic E-state index is 0.644. The molecule has 0 aliphatic heterocycles. The van der Waals surface area contributed by atoms with Crippen LogP contribution in [0.25, 0.3) is 5.82 Å². The van der Waals surface area contributed by atoms with Crippen molar-refractivity contribution in [2.45, 2.75) is 33.6 Å². The first-order chi connectivity index (χ1) is 8.78. The first kappa shape index (κ1) is 12.5. The Kier molecular flexibility index (Phi) is 3.92. The van der Waals surface area contributed by atoms with Crippen molar-refractivity contribution in [3.8, 4) is 5.82 Å². The van der Waals surface area contributed by atoms with Crippen molar-refractivity contribution in [3.05, 3.63) is 29.7 Å². The molecule has 0 unspecified atom stereocenters. The summed E-state index contributed by atoms with van der Waals surface area (Å²) in [4.78, 5) is 8.64. The third-order valence-corrected chi connectivity index (χ3v) is 2.75. The molecular weight excluding hydrogens is 226 g/mol. The molecule has 0 saturated carbocycles. The quantitative estimate of drug-likeness (QED) is 0.877. The van der Waals surface area contributed by atoms with E-state index in [0.717, 1.165) is 30.9 Å². The Balaban J connectivity index is 2.40. The van der Waals surface area contributed by atoms with Crippen molar-refractivity contribution in [1.29, 1.82) is 0 Å². The Hall–Kier alpha value is -1.91. The van der Waals surface area contributed by atoms with Crippen LogP contribution in [0.4, 0.5) is 5.95 Å². The monoisotopic (exact) mass is 245 g/mol. The highest BCUT2D eigenvalue weighted by Gasteiger charge is 2.09. The summed E-state index contributed by atoms with van der Waals surface area (Å²) >= 11 is 0. The summed E-state index contributed by atoms with van der Waals surface area (Å²) in [6.45, 7) is 7.06. The van der Waals surface area contributed by atoms with E-state index in [4.69, 9.17) is 0 Å². The molecule has 1 N–H and O–H groups in total. The second kappa shape index (κ2) is 5.62. The van der Waals surface area contributed by atoms with E-state index >= 15 is 0 Å². The minimum absolute atomic E-state index is 0.644. The van der Waals surface area contributed by atoms with Gasteiger partial charge in [-0.15, -0.1) is 0 Å². The zero-order valence-corrected chi connectivity index (χ0v) is 11.1. The Morgan fingerprint density at radius 1 is 1.22 bits per heavy atom. The topological polar surface area (TPSA) is 55.6 Å². The predicted molar refractivity (Wildman–Crippen MR) is 72.1 cm³/mol. The summed E-state index contributed by atoms with van der Waals surface area (Å²) in [5, 5.41) is 7.68. The van der Waals surface area contributed by atoms with Crippen LogP contribution < -0.4 is 5.32 Å². The van der Waals surface area contributed by atoms with E-state index in [9.17, 15) is 0 Å². The molecule has 0 fully saturated rings. The lowest BCUT2D eigenvalue weighted by Gasteiger charge is -2.06. The highest BCUT2D eigenvalue weighted by Crippen LogP contribution is 2.13. The predicted octanol–water partition coefficient (Wildman–Crippen LogP) is 2.22. The van der Waals surface area contributed by atoms with Crippen molar-refractivity contribution in [1.82, 2.24) is 19.7 Å². The number of aryl methyl sites for hydroxylation is 2. The van der Waals surface area contributed by atoms with E-state index < -0.39 is 0 Å². The van der Waals surface area contributed by atoms with Gasteiger partial charge in [-0.1, -0.05) is 13.8 Å². The molecule has 96 valence electrons. The van der Waals surface area contributed by atoms with Gasteiger partial charge in [-0.3, -0.25) is 0 Å². The lowest BCUT2D eigenvalue weighted by atomic mass is 10.2. The first-order valence-corrected chi connectivity index (χ1v) is 6.43. The summed E-state index contributed by atoms with van der Waals surface area (Å²) in [5.41, 5.74) is 2.27.